The highest BCUT2D eigenvalue weighted by molar-refractivity contribution is 5.78. The lowest BCUT2D eigenvalue weighted by molar-refractivity contribution is -0.139. The van der Waals surface area contributed by atoms with Crippen molar-refractivity contribution < 1.29 is 24.2 Å². The Morgan fingerprint density at radius 1 is 1.38 bits per heavy atom. The number of nitrogens with one attached hydrogen (secondary N) is 1. The Kier molecular flexibility index (Phi) is 6.81. The number of carbonyl (C=O) groups excluding carboxylic acids is 1. The Morgan fingerprint density at radius 3 is 2.69 bits per heavy atom. The molecule has 1 fully saturated rings. The third-order valence-electron chi connectivity index (χ3n) is 4.39. The summed E-state index contributed by atoms with van der Waals surface area (Å²) in [5.74, 6) is -0.301. The molecule has 140 valence electrons. The molecule has 1 amide bonds. The largest absolute Gasteiger partial charge is 0.493 e. The van der Waals surface area contributed by atoms with Gasteiger partial charge in [0.05, 0.1) is 25.3 Å². The lowest BCUT2D eigenvalue weighted by Crippen LogP contribution is -2.55. The molecule has 1 aromatic carbocycles. The minimum atomic E-state index is -0.843. The van der Waals surface area contributed by atoms with Gasteiger partial charge < -0.3 is 19.9 Å². The van der Waals surface area contributed by atoms with E-state index in [0.29, 0.717) is 23.6 Å². The fourth-order valence-electron chi connectivity index (χ4n) is 2.95. The summed E-state index contributed by atoms with van der Waals surface area (Å²) >= 11 is 0. The fourth-order valence-corrected chi connectivity index (χ4v) is 2.95. The second-order valence-electron chi connectivity index (χ2n) is 6.11. The molecule has 1 saturated carbocycles. The van der Waals surface area contributed by atoms with Gasteiger partial charge in [0.15, 0.2) is 18.1 Å². The van der Waals surface area contributed by atoms with Gasteiger partial charge in [0, 0.05) is 18.2 Å². The summed E-state index contributed by atoms with van der Waals surface area (Å²) in [6.07, 6.45) is 1.46. The molecule has 0 spiro atoms. The summed E-state index contributed by atoms with van der Waals surface area (Å²) in [6.45, 7) is 2.45. The first-order chi connectivity index (χ1) is 12.5. The molecule has 0 unspecified atom stereocenters. The number of benzene rings is 1. The van der Waals surface area contributed by atoms with Crippen molar-refractivity contribution in [1.82, 2.24) is 10.2 Å². The molecule has 8 nitrogen and oxygen atoms in total. The molecule has 0 heterocycles. The second-order valence-corrected chi connectivity index (χ2v) is 6.11. The van der Waals surface area contributed by atoms with E-state index in [-0.39, 0.29) is 31.1 Å². The molecule has 2 rings (SSSR count). The van der Waals surface area contributed by atoms with Crippen LogP contribution in [0, 0.1) is 11.3 Å². The standard InChI is InChI=1S/C18H23N3O5/c1-3-21(10-18(23)24)14-7-13(8-14)20-17(22)11-26-15-5-4-12(9-19)6-16(15)25-2/h4-6,13-14H,3,7-8,10-11H2,1-2H3,(H,20,22)(H,23,24). The normalized spacial score (nSPS) is 18.5. The summed E-state index contributed by atoms with van der Waals surface area (Å²) in [5.41, 5.74) is 0.445. The molecular weight excluding hydrogens is 338 g/mol. The summed E-state index contributed by atoms with van der Waals surface area (Å²) < 4.78 is 10.6. The number of hydrogen-bond acceptors (Lipinski definition) is 6. The third kappa shape index (κ3) is 5.10. The van der Waals surface area contributed by atoms with Crippen LogP contribution >= 0.6 is 0 Å². The van der Waals surface area contributed by atoms with Crippen LogP contribution in [-0.2, 0) is 9.59 Å². The van der Waals surface area contributed by atoms with Crippen LogP contribution in [0.25, 0.3) is 0 Å². The van der Waals surface area contributed by atoms with Crippen molar-refractivity contribution >= 4 is 11.9 Å². The zero-order valence-electron chi connectivity index (χ0n) is 14.9. The first-order valence-corrected chi connectivity index (χ1v) is 8.43. The molecule has 26 heavy (non-hydrogen) atoms. The van der Waals surface area contributed by atoms with Gasteiger partial charge in [-0.05, 0) is 31.5 Å². The minimum Gasteiger partial charge on any atom is -0.493 e. The number of ether oxygens (including phenoxy) is 2. The number of likely N-dealkylation sites (N-methyl/N-ethyl adjacent to an activating group) is 1. The van der Waals surface area contributed by atoms with E-state index in [0.717, 1.165) is 12.8 Å². The highest BCUT2D eigenvalue weighted by atomic mass is 16.5. The first-order valence-electron chi connectivity index (χ1n) is 8.43. The maximum atomic E-state index is 12.0. The monoisotopic (exact) mass is 361 g/mol. The number of methoxy groups -OCH3 is 1. The average Bonchev–Trinajstić information content (AvgIpc) is 2.60. The van der Waals surface area contributed by atoms with E-state index in [9.17, 15) is 9.59 Å². The fraction of sp³-hybridized carbons (Fsp3) is 0.500. The van der Waals surface area contributed by atoms with Crippen LogP contribution in [0.2, 0.25) is 0 Å². The number of nitrogens with zero attached hydrogens (tertiary/aromatic N) is 2. The van der Waals surface area contributed by atoms with Crippen molar-refractivity contribution in [3.8, 4) is 17.6 Å². The van der Waals surface area contributed by atoms with E-state index in [1.807, 2.05) is 17.9 Å². The lowest BCUT2D eigenvalue weighted by atomic mass is 9.85. The van der Waals surface area contributed by atoms with E-state index < -0.39 is 5.97 Å². The number of aliphatic carboxylic acids is 1. The lowest BCUT2D eigenvalue weighted by Gasteiger charge is -2.42. The topological polar surface area (TPSA) is 112 Å². The molecule has 8 heteroatoms. The molecule has 0 radical (unpaired) electrons. The van der Waals surface area contributed by atoms with Crippen molar-refractivity contribution in [2.75, 3.05) is 26.8 Å². The van der Waals surface area contributed by atoms with Gasteiger partial charge in [-0.2, -0.15) is 5.26 Å². The van der Waals surface area contributed by atoms with Gasteiger partial charge in [0.2, 0.25) is 0 Å². The highest BCUT2D eigenvalue weighted by Gasteiger charge is 2.34. The molecular formula is C18H23N3O5. The van der Waals surface area contributed by atoms with Crippen LogP contribution in [0.3, 0.4) is 0 Å². The number of carbonyl (C=O) groups is 2. The van der Waals surface area contributed by atoms with E-state index in [1.165, 1.54) is 7.11 Å². The minimum absolute atomic E-state index is 0.0173. The average molecular weight is 361 g/mol. The molecule has 0 saturated heterocycles. The Bertz CT molecular complexity index is 695. The summed E-state index contributed by atoms with van der Waals surface area (Å²) in [4.78, 5) is 24.8. The zero-order valence-corrected chi connectivity index (χ0v) is 14.9. The number of hydrogen-bond donors (Lipinski definition) is 2. The van der Waals surface area contributed by atoms with Crippen molar-refractivity contribution in [1.29, 1.82) is 5.26 Å². The molecule has 1 aliphatic carbocycles. The Morgan fingerprint density at radius 2 is 2.12 bits per heavy atom. The predicted molar refractivity (Wildman–Crippen MR) is 93.0 cm³/mol. The number of amides is 1. The van der Waals surface area contributed by atoms with Gasteiger partial charge in [-0.1, -0.05) is 6.92 Å². The van der Waals surface area contributed by atoms with Crippen molar-refractivity contribution in [3.05, 3.63) is 23.8 Å². The van der Waals surface area contributed by atoms with E-state index in [1.54, 1.807) is 18.2 Å². The molecule has 0 aromatic heterocycles. The Hall–Kier alpha value is -2.79. The SMILES string of the molecule is CCN(CC(=O)O)C1CC(NC(=O)COc2ccc(C#N)cc2OC)C1. The zero-order chi connectivity index (χ0) is 19.1. The summed E-state index contributed by atoms with van der Waals surface area (Å²) in [6, 6.07) is 6.95. The van der Waals surface area contributed by atoms with Crippen LogP contribution in [0.5, 0.6) is 11.5 Å². The maximum Gasteiger partial charge on any atom is 0.317 e. The molecule has 0 atom stereocenters. The Labute approximate surface area is 152 Å². The Balaban J connectivity index is 1.77. The van der Waals surface area contributed by atoms with Gasteiger partial charge in [0.25, 0.3) is 5.91 Å². The van der Waals surface area contributed by atoms with Crippen molar-refractivity contribution in [2.24, 2.45) is 0 Å². The molecule has 2 N–H and O–H groups in total. The van der Waals surface area contributed by atoms with Gasteiger partial charge in [0.1, 0.15) is 0 Å². The molecule has 1 aromatic rings. The predicted octanol–water partition coefficient (Wildman–Crippen LogP) is 0.999. The first kappa shape index (κ1) is 19.5. The van der Waals surface area contributed by atoms with E-state index >= 15 is 0 Å². The second kappa shape index (κ2) is 9.06. The van der Waals surface area contributed by atoms with Gasteiger partial charge >= 0.3 is 5.97 Å². The molecule has 0 aliphatic heterocycles. The smallest absolute Gasteiger partial charge is 0.317 e. The van der Waals surface area contributed by atoms with Gasteiger partial charge in [-0.15, -0.1) is 0 Å². The number of carboxylic acid groups (broad SMARTS) is 1. The van der Waals surface area contributed by atoms with Crippen LogP contribution in [0.15, 0.2) is 18.2 Å². The van der Waals surface area contributed by atoms with Crippen LogP contribution in [0.4, 0.5) is 0 Å². The van der Waals surface area contributed by atoms with Crippen molar-refractivity contribution in [2.45, 2.75) is 31.8 Å². The van der Waals surface area contributed by atoms with Crippen LogP contribution < -0.4 is 14.8 Å². The van der Waals surface area contributed by atoms with Crippen LogP contribution in [0.1, 0.15) is 25.3 Å². The number of rotatable bonds is 9. The quantitative estimate of drug-likeness (QED) is 0.675. The van der Waals surface area contributed by atoms with Gasteiger partial charge in [-0.3, -0.25) is 14.5 Å². The van der Waals surface area contributed by atoms with E-state index in [4.69, 9.17) is 19.8 Å². The third-order valence-corrected chi connectivity index (χ3v) is 4.39. The summed E-state index contributed by atoms with van der Waals surface area (Å²) in [5, 5.41) is 20.6. The number of nitriles is 1. The number of carboxylic acids is 1. The maximum absolute atomic E-state index is 12.0. The molecule has 0 bridgehead atoms. The highest BCUT2D eigenvalue weighted by Crippen LogP contribution is 2.28. The van der Waals surface area contributed by atoms with E-state index in [2.05, 4.69) is 5.32 Å². The van der Waals surface area contributed by atoms with Crippen LogP contribution in [-0.4, -0.2) is 60.8 Å². The summed E-state index contributed by atoms with van der Waals surface area (Å²) in [7, 11) is 1.47. The molecule has 1 aliphatic rings. The van der Waals surface area contributed by atoms with Crippen molar-refractivity contribution in [3.63, 3.8) is 0 Å². The van der Waals surface area contributed by atoms with Gasteiger partial charge in [-0.25, -0.2) is 0 Å².